The first-order chi connectivity index (χ1) is 14.4. The average molecular weight is 409 g/mol. The molecule has 0 atom stereocenters. The standard InChI is InChI=1S/C22H27N5O3/c1-14(2)27-21-18(12-25-27)17(22(29)24-13-20(28)23-9-10-30-4)11-19(26-21)16-8-6-5-7-15(16)3/h5-8,11-12,14H,9-10,13H2,1-4H3,(H,23,28)(H,24,29). The molecule has 2 heterocycles. The summed E-state index contributed by atoms with van der Waals surface area (Å²) in [6, 6.07) is 9.73. The van der Waals surface area contributed by atoms with E-state index in [0.717, 1.165) is 11.1 Å². The SMILES string of the molecule is COCCNC(=O)CNC(=O)c1cc(-c2ccccc2C)nc2c1cnn2C(C)C. The van der Waals surface area contributed by atoms with Crippen molar-refractivity contribution in [1.29, 1.82) is 0 Å². The van der Waals surface area contributed by atoms with Gasteiger partial charge in [0.1, 0.15) is 0 Å². The number of pyridine rings is 1. The number of rotatable bonds is 8. The quantitative estimate of drug-likeness (QED) is 0.557. The van der Waals surface area contributed by atoms with Crippen LogP contribution >= 0.6 is 0 Å². The molecule has 0 aliphatic carbocycles. The molecule has 2 amide bonds. The first-order valence-electron chi connectivity index (χ1n) is 9.90. The molecule has 158 valence electrons. The lowest BCUT2D eigenvalue weighted by Gasteiger charge is -2.12. The summed E-state index contributed by atoms with van der Waals surface area (Å²) < 4.78 is 6.70. The number of ether oxygens (including phenoxy) is 1. The number of nitrogens with zero attached hydrogens (tertiary/aromatic N) is 3. The average Bonchev–Trinajstić information content (AvgIpc) is 3.16. The van der Waals surface area contributed by atoms with Gasteiger partial charge in [0.15, 0.2) is 5.65 Å². The Hall–Kier alpha value is -3.26. The molecular weight excluding hydrogens is 382 g/mol. The largest absolute Gasteiger partial charge is 0.383 e. The molecule has 0 aliphatic heterocycles. The number of amides is 2. The van der Waals surface area contributed by atoms with Crippen molar-refractivity contribution in [3.8, 4) is 11.3 Å². The van der Waals surface area contributed by atoms with E-state index in [1.165, 1.54) is 0 Å². The molecule has 2 aromatic heterocycles. The van der Waals surface area contributed by atoms with Crippen LogP contribution < -0.4 is 10.6 Å². The summed E-state index contributed by atoms with van der Waals surface area (Å²) in [6.45, 7) is 6.72. The van der Waals surface area contributed by atoms with Gasteiger partial charge in [-0.1, -0.05) is 24.3 Å². The van der Waals surface area contributed by atoms with Crippen molar-refractivity contribution in [2.75, 3.05) is 26.8 Å². The molecule has 0 unspecified atom stereocenters. The topological polar surface area (TPSA) is 98.1 Å². The maximum Gasteiger partial charge on any atom is 0.252 e. The van der Waals surface area contributed by atoms with Crippen LogP contribution in [0.25, 0.3) is 22.3 Å². The van der Waals surface area contributed by atoms with Crippen LogP contribution in [0.2, 0.25) is 0 Å². The van der Waals surface area contributed by atoms with Crippen molar-refractivity contribution in [2.45, 2.75) is 26.8 Å². The molecule has 1 aromatic carbocycles. The number of nitrogens with one attached hydrogen (secondary N) is 2. The van der Waals surface area contributed by atoms with Crippen molar-refractivity contribution >= 4 is 22.8 Å². The number of fused-ring (bicyclic) bond motifs is 1. The molecule has 3 aromatic rings. The van der Waals surface area contributed by atoms with E-state index in [9.17, 15) is 9.59 Å². The van der Waals surface area contributed by atoms with Gasteiger partial charge in [-0.15, -0.1) is 0 Å². The maximum atomic E-state index is 13.0. The Morgan fingerprint density at radius 1 is 1.20 bits per heavy atom. The van der Waals surface area contributed by atoms with Crippen LogP contribution in [0.15, 0.2) is 36.5 Å². The third kappa shape index (κ3) is 4.65. The van der Waals surface area contributed by atoms with Gasteiger partial charge in [0.05, 0.1) is 36.0 Å². The van der Waals surface area contributed by atoms with Crippen LogP contribution in [0.4, 0.5) is 0 Å². The number of carbonyl (C=O) groups is 2. The predicted octanol–water partition coefficient (Wildman–Crippen LogP) is 2.48. The highest BCUT2D eigenvalue weighted by atomic mass is 16.5. The Kier molecular flexibility index (Phi) is 6.79. The zero-order valence-corrected chi connectivity index (χ0v) is 17.7. The highest BCUT2D eigenvalue weighted by Gasteiger charge is 2.19. The van der Waals surface area contributed by atoms with Crippen molar-refractivity contribution in [3.63, 3.8) is 0 Å². The predicted molar refractivity (Wildman–Crippen MR) is 115 cm³/mol. The second-order valence-corrected chi connectivity index (χ2v) is 7.32. The van der Waals surface area contributed by atoms with Crippen molar-refractivity contribution < 1.29 is 14.3 Å². The summed E-state index contributed by atoms with van der Waals surface area (Å²) in [5.41, 5.74) is 3.78. The summed E-state index contributed by atoms with van der Waals surface area (Å²) in [5, 5.41) is 10.4. The van der Waals surface area contributed by atoms with Gasteiger partial charge in [0, 0.05) is 25.3 Å². The van der Waals surface area contributed by atoms with Gasteiger partial charge in [0.25, 0.3) is 5.91 Å². The summed E-state index contributed by atoms with van der Waals surface area (Å²) in [5.74, 6) is -0.620. The molecule has 0 saturated heterocycles. The highest BCUT2D eigenvalue weighted by molar-refractivity contribution is 6.07. The molecular formula is C22H27N5O3. The van der Waals surface area contributed by atoms with Crippen LogP contribution in [-0.2, 0) is 9.53 Å². The number of hydrogen-bond acceptors (Lipinski definition) is 5. The lowest BCUT2D eigenvalue weighted by Crippen LogP contribution is -2.38. The minimum Gasteiger partial charge on any atom is -0.383 e. The zero-order valence-electron chi connectivity index (χ0n) is 17.7. The Balaban J connectivity index is 1.95. The number of carbonyl (C=O) groups excluding carboxylic acids is 2. The second-order valence-electron chi connectivity index (χ2n) is 7.32. The lowest BCUT2D eigenvalue weighted by atomic mass is 10.0. The van der Waals surface area contributed by atoms with Crippen LogP contribution in [0.1, 0.15) is 35.8 Å². The normalized spacial score (nSPS) is 11.1. The third-order valence-corrected chi connectivity index (χ3v) is 4.76. The van der Waals surface area contributed by atoms with Crippen molar-refractivity contribution in [2.24, 2.45) is 0 Å². The molecule has 0 spiro atoms. The number of aryl methyl sites for hydroxylation is 1. The highest BCUT2D eigenvalue weighted by Crippen LogP contribution is 2.28. The number of aromatic nitrogens is 3. The molecule has 30 heavy (non-hydrogen) atoms. The number of benzene rings is 1. The maximum absolute atomic E-state index is 13.0. The first kappa shape index (κ1) is 21.4. The van der Waals surface area contributed by atoms with E-state index in [-0.39, 0.29) is 24.4 Å². The number of hydrogen-bond donors (Lipinski definition) is 2. The zero-order chi connectivity index (χ0) is 21.7. The van der Waals surface area contributed by atoms with Gasteiger partial charge in [-0.05, 0) is 32.4 Å². The van der Waals surface area contributed by atoms with Crippen LogP contribution in [0.3, 0.4) is 0 Å². The Bertz CT molecular complexity index is 1060. The van der Waals surface area contributed by atoms with E-state index >= 15 is 0 Å². The minimum absolute atomic E-state index is 0.0876. The molecule has 0 radical (unpaired) electrons. The summed E-state index contributed by atoms with van der Waals surface area (Å²) in [4.78, 5) is 29.7. The second kappa shape index (κ2) is 9.49. The summed E-state index contributed by atoms with van der Waals surface area (Å²) in [7, 11) is 1.56. The van der Waals surface area contributed by atoms with Crippen LogP contribution in [-0.4, -0.2) is 53.4 Å². The van der Waals surface area contributed by atoms with Gasteiger partial charge in [0.2, 0.25) is 5.91 Å². The molecule has 0 aliphatic rings. The van der Waals surface area contributed by atoms with E-state index in [4.69, 9.17) is 9.72 Å². The fourth-order valence-corrected chi connectivity index (χ4v) is 3.19. The monoisotopic (exact) mass is 409 g/mol. The minimum atomic E-state index is -0.345. The third-order valence-electron chi connectivity index (χ3n) is 4.76. The van der Waals surface area contributed by atoms with E-state index in [1.54, 1.807) is 24.1 Å². The number of methoxy groups -OCH3 is 1. The fraction of sp³-hybridized carbons (Fsp3) is 0.364. The summed E-state index contributed by atoms with van der Waals surface area (Å²) in [6.07, 6.45) is 1.65. The van der Waals surface area contributed by atoms with E-state index in [1.807, 2.05) is 45.0 Å². The van der Waals surface area contributed by atoms with E-state index in [2.05, 4.69) is 15.7 Å². The van der Waals surface area contributed by atoms with Crippen molar-refractivity contribution in [3.05, 3.63) is 47.7 Å². The van der Waals surface area contributed by atoms with Gasteiger partial charge >= 0.3 is 0 Å². The van der Waals surface area contributed by atoms with Gasteiger partial charge in [-0.25, -0.2) is 9.67 Å². The molecule has 8 heteroatoms. The fourth-order valence-electron chi connectivity index (χ4n) is 3.19. The van der Waals surface area contributed by atoms with E-state index < -0.39 is 0 Å². The van der Waals surface area contributed by atoms with Gasteiger partial charge < -0.3 is 15.4 Å². The Labute approximate surface area is 175 Å². The first-order valence-corrected chi connectivity index (χ1v) is 9.90. The lowest BCUT2D eigenvalue weighted by molar-refractivity contribution is -0.120. The molecule has 0 saturated carbocycles. The van der Waals surface area contributed by atoms with Crippen LogP contribution in [0, 0.1) is 6.92 Å². The molecule has 2 N–H and O–H groups in total. The van der Waals surface area contributed by atoms with Gasteiger partial charge in [-0.3, -0.25) is 9.59 Å². The molecule has 8 nitrogen and oxygen atoms in total. The van der Waals surface area contributed by atoms with Crippen LogP contribution in [0.5, 0.6) is 0 Å². The van der Waals surface area contributed by atoms with E-state index in [0.29, 0.717) is 35.4 Å². The molecule has 3 rings (SSSR count). The summed E-state index contributed by atoms with van der Waals surface area (Å²) >= 11 is 0. The molecule has 0 bridgehead atoms. The Morgan fingerprint density at radius 2 is 1.97 bits per heavy atom. The molecule has 0 fully saturated rings. The smallest absolute Gasteiger partial charge is 0.252 e. The van der Waals surface area contributed by atoms with Gasteiger partial charge in [-0.2, -0.15) is 5.10 Å². The Morgan fingerprint density at radius 3 is 2.67 bits per heavy atom. The van der Waals surface area contributed by atoms with Crippen molar-refractivity contribution in [1.82, 2.24) is 25.4 Å².